The number of nitrogens with one attached hydrogen (secondary N) is 1. The molecule has 0 bridgehead atoms. The van der Waals surface area contributed by atoms with E-state index in [0.717, 1.165) is 35.5 Å². The van der Waals surface area contributed by atoms with Gasteiger partial charge in [-0.15, -0.1) is 10.2 Å². The van der Waals surface area contributed by atoms with Crippen LogP contribution in [0.1, 0.15) is 43.3 Å². The number of aliphatic hydroxyl groups is 1. The van der Waals surface area contributed by atoms with Crippen molar-refractivity contribution in [1.29, 1.82) is 5.26 Å². The molecule has 0 fully saturated rings. The number of carbonyl (C=O) groups is 1. The number of aromatic nitrogens is 4. The van der Waals surface area contributed by atoms with Crippen molar-refractivity contribution >= 4 is 17.2 Å². The number of fused-ring (bicyclic) bond motifs is 1. The zero-order valence-electron chi connectivity index (χ0n) is 20.3. The maximum atomic E-state index is 12.2. The molecule has 1 atom stereocenters. The van der Waals surface area contributed by atoms with Gasteiger partial charge in [-0.05, 0) is 45.9 Å². The summed E-state index contributed by atoms with van der Waals surface area (Å²) in [6.07, 6.45) is 0.146. The number of aliphatic hydroxyl groups excluding tert-OH is 1. The number of amides is 1. The van der Waals surface area contributed by atoms with Gasteiger partial charge in [-0.25, -0.2) is 4.68 Å². The topological polar surface area (TPSA) is 129 Å². The summed E-state index contributed by atoms with van der Waals surface area (Å²) in [7, 11) is 0. The van der Waals surface area contributed by atoms with Crippen LogP contribution >= 0.6 is 11.3 Å². The molecule has 1 aromatic carbocycles. The number of benzene rings is 1. The standard InChI is InChI=1S/C24H29N7O3S/c1-14(2)34-21-6-5-17(9-18(21)10-25)23-27-28-24(35-23)31-16(4)19-12-30(8-7-20(19)29-31)13-22(33)26-11-15(3)32/h5-6,9,14-15,32H,7-8,11-13H2,1-4H3,(H,26,33). The normalized spacial score (nSPS) is 14.4. The first-order chi connectivity index (χ1) is 16.7. The summed E-state index contributed by atoms with van der Waals surface area (Å²) in [5.74, 6) is 0.449. The van der Waals surface area contributed by atoms with E-state index in [1.807, 2.05) is 31.5 Å². The minimum absolute atomic E-state index is 0.0237. The highest BCUT2D eigenvalue weighted by atomic mass is 32.1. The zero-order valence-corrected chi connectivity index (χ0v) is 21.1. The lowest BCUT2D eigenvalue weighted by atomic mass is 10.1. The van der Waals surface area contributed by atoms with Crippen LogP contribution in [0.4, 0.5) is 0 Å². The van der Waals surface area contributed by atoms with E-state index in [2.05, 4.69) is 26.5 Å². The maximum absolute atomic E-state index is 12.2. The number of hydrogen-bond donors (Lipinski definition) is 2. The van der Waals surface area contributed by atoms with E-state index in [-0.39, 0.29) is 25.1 Å². The average Bonchev–Trinajstić information content (AvgIpc) is 3.43. The first-order valence-electron chi connectivity index (χ1n) is 11.5. The van der Waals surface area contributed by atoms with Crippen LogP contribution < -0.4 is 10.1 Å². The number of nitriles is 1. The molecule has 3 aromatic rings. The molecule has 2 N–H and O–H groups in total. The predicted molar refractivity (Wildman–Crippen MR) is 131 cm³/mol. The molecule has 1 amide bonds. The molecule has 35 heavy (non-hydrogen) atoms. The van der Waals surface area contributed by atoms with Crippen molar-refractivity contribution in [2.45, 2.75) is 52.9 Å². The predicted octanol–water partition coefficient (Wildman–Crippen LogP) is 2.21. The van der Waals surface area contributed by atoms with Gasteiger partial charge in [0.2, 0.25) is 11.0 Å². The molecule has 0 spiro atoms. The molecular weight excluding hydrogens is 466 g/mol. The third-order valence-electron chi connectivity index (χ3n) is 5.64. The van der Waals surface area contributed by atoms with Gasteiger partial charge in [0.15, 0.2) is 0 Å². The molecule has 3 heterocycles. The number of ether oxygens (including phenoxy) is 1. The van der Waals surface area contributed by atoms with Crippen LogP contribution in [0.15, 0.2) is 18.2 Å². The van der Waals surface area contributed by atoms with Crippen molar-refractivity contribution in [3.05, 3.63) is 40.7 Å². The molecule has 0 aliphatic carbocycles. The van der Waals surface area contributed by atoms with Gasteiger partial charge in [0.25, 0.3) is 0 Å². The lowest BCUT2D eigenvalue weighted by Crippen LogP contribution is -2.41. The van der Waals surface area contributed by atoms with E-state index in [4.69, 9.17) is 9.84 Å². The van der Waals surface area contributed by atoms with Crippen LogP contribution in [-0.2, 0) is 17.8 Å². The Morgan fingerprint density at radius 2 is 2.14 bits per heavy atom. The largest absolute Gasteiger partial charge is 0.490 e. The summed E-state index contributed by atoms with van der Waals surface area (Å²) in [6.45, 7) is 9.35. The molecule has 2 aromatic heterocycles. The molecule has 184 valence electrons. The third-order valence-corrected chi connectivity index (χ3v) is 6.58. The van der Waals surface area contributed by atoms with Crippen LogP contribution in [-0.4, -0.2) is 67.7 Å². The lowest BCUT2D eigenvalue weighted by molar-refractivity contribution is -0.122. The molecule has 1 aliphatic heterocycles. The maximum Gasteiger partial charge on any atom is 0.234 e. The Labute approximate surface area is 208 Å². The van der Waals surface area contributed by atoms with Crippen molar-refractivity contribution in [2.75, 3.05) is 19.6 Å². The second-order valence-corrected chi connectivity index (χ2v) is 9.87. The van der Waals surface area contributed by atoms with E-state index < -0.39 is 6.10 Å². The Morgan fingerprint density at radius 3 is 2.86 bits per heavy atom. The summed E-state index contributed by atoms with van der Waals surface area (Å²) in [5, 5.41) is 36.4. The fourth-order valence-electron chi connectivity index (χ4n) is 3.93. The van der Waals surface area contributed by atoms with Crippen molar-refractivity contribution in [2.24, 2.45) is 0 Å². The van der Waals surface area contributed by atoms with Gasteiger partial charge >= 0.3 is 0 Å². The van der Waals surface area contributed by atoms with E-state index in [0.29, 0.717) is 28.0 Å². The number of hydrogen-bond acceptors (Lipinski definition) is 9. The van der Waals surface area contributed by atoms with Crippen LogP contribution in [0.25, 0.3) is 15.7 Å². The molecule has 0 saturated carbocycles. The number of carbonyl (C=O) groups excluding carboxylic acids is 1. The zero-order chi connectivity index (χ0) is 25.1. The van der Waals surface area contributed by atoms with Gasteiger partial charge < -0.3 is 15.2 Å². The molecule has 4 rings (SSSR count). The molecule has 0 saturated heterocycles. The van der Waals surface area contributed by atoms with Crippen molar-refractivity contribution in [1.82, 2.24) is 30.2 Å². The van der Waals surface area contributed by atoms with Crippen molar-refractivity contribution in [3.8, 4) is 27.5 Å². The van der Waals surface area contributed by atoms with Gasteiger partial charge in [-0.2, -0.15) is 10.4 Å². The summed E-state index contributed by atoms with van der Waals surface area (Å²) in [6, 6.07) is 7.63. The molecule has 11 heteroatoms. The Bertz CT molecular complexity index is 1260. The van der Waals surface area contributed by atoms with Gasteiger partial charge in [0.1, 0.15) is 16.8 Å². The van der Waals surface area contributed by atoms with Gasteiger partial charge in [0, 0.05) is 42.9 Å². The highest BCUT2D eigenvalue weighted by Crippen LogP contribution is 2.31. The Hall–Kier alpha value is -3.33. The molecular formula is C24H29N7O3S. The Kier molecular flexibility index (Phi) is 7.45. The summed E-state index contributed by atoms with van der Waals surface area (Å²) in [5.41, 5.74) is 4.32. The summed E-state index contributed by atoms with van der Waals surface area (Å²) >= 11 is 1.40. The van der Waals surface area contributed by atoms with Crippen molar-refractivity contribution < 1.29 is 14.6 Å². The van der Waals surface area contributed by atoms with Gasteiger partial charge in [-0.3, -0.25) is 9.69 Å². The van der Waals surface area contributed by atoms with Crippen LogP contribution in [0.3, 0.4) is 0 Å². The number of nitrogens with zero attached hydrogens (tertiary/aromatic N) is 6. The van der Waals surface area contributed by atoms with E-state index in [1.165, 1.54) is 11.3 Å². The Balaban J connectivity index is 1.51. The fraction of sp³-hybridized carbons (Fsp3) is 0.458. The first-order valence-corrected chi connectivity index (χ1v) is 12.4. The van der Waals surface area contributed by atoms with Crippen LogP contribution in [0, 0.1) is 18.3 Å². The molecule has 0 radical (unpaired) electrons. The third kappa shape index (κ3) is 5.67. The van der Waals surface area contributed by atoms with E-state index in [9.17, 15) is 15.2 Å². The first kappa shape index (κ1) is 24.8. The molecule has 10 nitrogen and oxygen atoms in total. The van der Waals surface area contributed by atoms with Gasteiger partial charge in [0.05, 0.1) is 30.0 Å². The second-order valence-electron chi connectivity index (χ2n) is 8.92. The minimum atomic E-state index is -0.568. The van der Waals surface area contributed by atoms with Crippen molar-refractivity contribution in [3.63, 3.8) is 0 Å². The van der Waals surface area contributed by atoms with E-state index >= 15 is 0 Å². The molecule has 1 unspecified atom stereocenters. The summed E-state index contributed by atoms with van der Waals surface area (Å²) in [4.78, 5) is 14.2. The highest BCUT2D eigenvalue weighted by Gasteiger charge is 2.25. The van der Waals surface area contributed by atoms with Crippen LogP contribution in [0.2, 0.25) is 0 Å². The molecule has 1 aliphatic rings. The monoisotopic (exact) mass is 495 g/mol. The fourth-order valence-corrected chi connectivity index (χ4v) is 4.78. The van der Waals surface area contributed by atoms with Gasteiger partial charge in [-0.1, -0.05) is 11.3 Å². The highest BCUT2D eigenvalue weighted by molar-refractivity contribution is 7.17. The van der Waals surface area contributed by atoms with E-state index in [1.54, 1.807) is 19.1 Å². The quantitative estimate of drug-likeness (QED) is 0.487. The minimum Gasteiger partial charge on any atom is -0.490 e. The average molecular weight is 496 g/mol. The smallest absolute Gasteiger partial charge is 0.234 e. The Morgan fingerprint density at radius 1 is 1.34 bits per heavy atom. The second kappa shape index (κ2) is 10.5. The SMILES string of the molecule is Cc1c2c(nn1-c1nnc(-c3ccc(OC(C)C)c(C#N)c3)s1)CCN(CC(=O)NCC(C)O)C2. The number of rotatable bonds is 8. The summed E-state index contributed by atoms with van der Waals surface area (Å²) < 4.78 is 7.52. The van der Waals surface area contributed by atoms with Crippen LogP contribution in [0.5, 0.6) is 5.75 Å². The lowest BCUT2D eigenvalue weighted by Gasteiger charge is -2.25.